The Hall–Kier alpha value is -0.170. The van der Waals surface area contributed by atoms with Crippen molar-refractivity contribution < 1.29 is 22.4 Å². The minimum atomic E-state index is -3.35. The molecule has 0 aliphatic carbocycles. The van der Waals surface area contributed by atoms with Crippen LogP contribution in [-0.4, -0.2) is 45.7 Å². The summed E-state index contributed by atoms with van der Waals surface area (Å²) in [5.41, 5.74) is 0. The van der Waals surface area contributed by atoms with Gasteiger partial charge in [0.25, 0.3) is 10.1 Å². The molecule has 0 rings (SSSR count). The lowest BCUT2D eigenvalue weighted by atomic mass is 10.1. The highest BCUT2D eigenvalue weighted by atomic mass is 32.2. The molecule has 1 unspecified atom stereocenters. The van der Waals surface area contributed by atoms with Crippen molar-refractivity contribution >= 4 is 10.1 Å². The van der Waals surface area contributed by atoms with Gasteiger partial charge in [-0.1, -0.05) is 45.4 Å². The second-order valence-corrected chi connectivity index (χ2v) is 7.27. The molecular formula is C15H32O5S. The first kappa shape index (κ1) is 20.8. The fourth-order valence-electron chi connectivity index (χ4n) is 2.32. The lowest BCUT2D eigenvalue weighted by molar-refractivity contribution is 0.0895. The van der Waals surface area contributed by atoms with Gasteiger partial charge < -0.3 is 9.84 Å². The Bertz CT molecular complexity index is 316. The largest absolute Gasteiger partial charge is 0.394 e. The molecule has 0 aromatic heterocycles. The highest BCUT2D eigenvalue weighted by Crippen LogP contribution is 2.17. The Labute approximate surface area is 130 Å². The van der Waals surface area contributed by atoms with Gasteiger partial charge in [-0.2, -0.15) is 8.42 Å². The third-order valence-corrected chi connectivity index (χ3v) is 5.50. The molecule has 0 aromatic rings. The molecule has 0 bridgehead atoms. The predicted octanol–water partition coefficient (Wildman–Crippen LogP) is 2.87. The van der Waals surface area contributed by atoms with Crippen molar-refractivity contribution in [2.75, 3.05) is 26.9 Å². The van der Waals surface area contributed by atoms with Crippen LogP contribution >= 0.6 is 0 Å². The zero-order valence-electron chi connectivity index (χ0n) is 13.6. The van der Waals surface area contributed by atoms with E-state index in [1.807, 2.05) is 6.92 Å². The van der Waals surface area contributed by atoms with Crippen LogP contribution in [0.5, 0.6) is 0 Å². The van der Waals surface area contributed by atoms with Crippen LogP contribution in [0.2, 0.25) is 0 Å². The third-order valence-electron chi connectivity index (χ3n) is 3.65. The van der Waals surface area contributed by atoms with E-state index < -0.39 is 10.1 Å². The number of aliphatic hydroxyl groups excluding tert-OH is 1. The van der Waals surface area contributed by atoms with Crippen molar-refractivity contribution in [3.63, 3.8) is 0 Å². The molecule has 1 N–H and O–H groups in total. The molecule has 0 aliphatic heterocycles. The van der Waals surface area contributed by atoms with Crippen molar-refractivity contribution in [1.82, 2.24) is 0 Å². The second-order valence-electron chi connectivity index (χ2n) is 5.29. The van der Waals surface area contributed by atoms with Crippen LogP contribution in [0.3, 0.4) is 0 Å². The fourth-order valence-corrected chi connectivity index (χ4v) is 3.45. The predicted molar refractivity (Wildman–Crippen MR) is 84.8 cm³/mol. The minimum Gasteiger partial charge on any atom is -0.394 e. The van der Waals surface area contributed by atoms with E-state index >= 15 is 0 Å². The van der Waals surface area contributed by atoms with Gasteiger partial charge in [-0.15, -0.1) is 0 Å². The minimum absolute atomic E-state index is 0.0948. The van der Waals surface area contributed by atoms with Crippen LogP contribution in [0.1, 0.15) is 64.7 Å². The molecule has 0 amide bonds. The van der Waals surface area contributed by atoms with Gasteiger partial charge in [-0.05, 0) is 19.3 Å². The van der Waals surface area contributed by atoms with Gasteiger partial charge in [0.2, 0.25) is 0 Å². The van der Waals surface area contributed by atoms with Gasteiger partial charge in [0, 0.05) is 6.61 Å². The maximum atomic E-state index is 11.6. The van der Waals surface area contributed by atoms with E-state index in [1.54, 1.807) is 0 Å². The molecule has 0 aliphatic rings. The van der Waals surface area contributed by atoms with Crippen molar-refractivity contribution in [3.05, 3.63) is 0 Å². The van der Waals surface area contributed by atoms with Crippen molar-refractivity contribution in [3.8, 4) is 0 Å². The summed E-state index contributed by atoms with van der Waals surface area (Å²) < 4.78 is 33.0. The Morgan fingerprint density at radius 1 is 0.952 bits per heavy atom. The van der Waals surface area contributed by atoms with Gasteiger partial charge in [-0.3, -0.25) is 4.18 Å². The van der Waals surface area contributed by atoms with Crippen LogP contribution in [0.25, 0.3) is 0 Å². The van der Waals surface area contributed by atoms with Crippen molar-refractivity contribution in [2.24, 2.45) is 0 Å². The van der Waals surface area contributed by atoms with E-state index in [4.69, 9.17) is 9.84 Å². The van der Waals surface area contributed by atoms with Crippen molar-refractivity contribution in [1.29, 1.82) is 0 Å². The van der Waals surface area contributed by atoms with Gasteiger partial charge >= 0.3 is 0 Å². The van der Waals surface area contributed by atoms with Gasteiger partial charge in [0.05, 0.1) is 25.6 Å². The summed E-state index contributed by atoms with van der Waals surface area (Å²) in [4.78, 5) is 0. The number of aliphatic hydroxyl groups is 1. The molecule has 0 saturated heterocycles. The molecule has 0 heterocycles. The summed E-state index contributed by atoms with van der Waals surface area (Å²) in [5.74, 6) is 0. The first-order valence-corrected chi connectivity index (χ1v) is 9.53. The van der Waals surface area contributed by atoms with E-state index in [-0.39, 0.29) is 11.9 Å². The third kappa shape index (κ3) is 11.1. The zero-order chi connectivity index (χ0) is 16.0. The molecule has 1 atom stereocenters. The molecule has 0 spiro atoms. The lowest BCUT2D eigenvalue weighted by Crippen LogP contribution is -2.21. The topological polar surface area (TPSA) is 72.8 Å². The Balaban J connectivity index is 3.43. The van der Waals surface area contributed by atoms with Crippen LogP contribution in [0.4, 0.5) is 0 Å². The number of hydrogen-bond acceptors (Lipinski definition) is 5. The molecule has 21 heavy (non-hydrogen) atoms. The van der Waals surface area contributed by atoms with E-state index in [0.717, 1.165) is 38.7 Å². The summed E-state index contributed by atoms with van der Waals surface area (Å²) in [7, 11) is -2.12. The summed E-state index contributed by atoms with van der Waals surface area (Å²) >= 11 is 0. The average Bonchev–Trinajstić information content (AvgIpc) is 2.48. The molecule has 0 radical (unpaired) electrons. The van der Waals surface area contributed by atoms with Gasteiger partial charge in [-0.25, -0.2) is 0 Å². The molecule has 0 fully saturated rings. The first-order chi connectivity index (χ1) is 10.1. The average molecular weight is 324 g/mol. The summed E-state index contributed by atoms with van der Waals surface area (Å²) in [5, 5.41) is 8.19. The Morgan fingerprint density at radius 2 is 1.52 bits per heavy atom. The monoisotopic (exact) mass is 324 g/mol. The second kappa shape index (κ2) is 13.5. The molecule has 6 heteroatoms. The quantitative estimate of drug-likeness (QED) is 0.370. The molecule has 5 nitrogen and oxygen atoms in total. The normalized spacial score (nSPS) is 13.5. The van der Waals surface area contributed by atoms with Crippen LogP contribution in [-0.2, 0) is 19.0 Å². The Kier molecular flexibility index (Phi) is 13.4. The van der Waals surface area contributed by atoms with Gasteiger partial charge in [0.15, 0.2) is 0 Å². The number of rotatable bonds is 15. The highest BCUT2D eigenvalue weighted by Gasteiger charge is 2.22. The van der Waals surface area contributed by atoms with E-state index in [1.165, 1.54) is 20.0 Å². The lowest BCUT2D eigenvalue weighted by Gasteiger charge is -2.13. The van der Waals surface area contributed by atoms with E-state index in [0.29, 0.717) is 19.4 Å². The molecule has 128 valence electrons. The first-order valence-electron chi connectivity index (χ1n) is 8.06. The Morgan fingerprint density at radius 3 is 2.05 bits per heavy atom. The van der Waals surface area contributed by atoms with Crippen LogP contribution < -0.4 is 0 Å². The van der Waals surface area contributed by atoms with Crippen LogP contribution in [0.15, 0.2) is 0 Å². The molecule has 0 saturated carbocycles. The molecular weight excluding hydrogens is 292 g/mol. The zero-order valence-corrected chi connectivity index (χ0v) is 14.4. The highest BCUT2D eigenvalue weighted by molar-refractivity contribution is 7.87. The number of hydrogen-bond donors (Lipinski definition) is 1. The fraction of sp³-hybridized carbons (Fsp3) is 1.00. The number of ether oxygens (including phenoxy) is 1. The standard InChI is InChI=1S/C15H32O5S/c1-3-15(21(17,18)19-2)11-9-7-5-4-6-8-10-13-20-14-12-16/h15-16H,3-14H2,1-2H3. The maximum absolute atomic E-state index is 11.6. The summed E-state index contributed by atoms with van der Waals surface area (Å²) in [6.07, 6.45) is 9.07. The smallest absolute Gasteiger partial charge is 0.269 e. The summed E-state index contributed by atoms with van der Waals surface area (Å²) in [6.45, 7) is 3.15. The molecule has 0 aromatic carbocycles. The maximum Gasteiger partial charge on any atom is 0.269 e. The number of unbranched alkanes of at least 4 members (excludes halogenated alkanes) is 6. The van der Waals surface area contributed by atoms with Crippen molar-refractivity contribution in [2.45, 2.75) is 70.0 Å². The SMILES string of the molecule is CCC(CCCCCCCCCOCCO)S(=O)(=O)OC. The van der Waals surface area contributed by atoms with Crippen LogP contribution in [0, 0.1) is 0 Å². The van der Waals surface area contributed by atoms with E-state index in [2.05, 4.69) is 4.18 Å². The van der Waals surface area contributed by atoms with Gasteiger partial charge in [0.1, 0.15) is 0 Å². The van der Waals surface area contributed by atoms with E-state index in [9.17, 15) is 8.42 Å². The summed E-state index contributed by atoms with van der Waals surface area (Å²) in [6, 6.07) is 0.